The van der Waals surface area contributed by atoms with Crippen molar-refractivity contribution in [2.24, 2.45) is 0 Å². The van der Waals surface area contributed by atoms with Crippen LogP contribution in [0.4, 0.5) is 4.39 Å². The molecule has 2 aromatic rings. The fourth-order valence-corrected chi connectivity index (χ4v) is 2.80. The first-order valence-electron chi connectivity index (χ1n) is 7.22. The van der Waals surface area contributed by atoms with Gasteiger partial charge >= 0.3 is 0 Å². The van der Waals surface area contributed by atoms with Gasteiger partial charge in [0.25, 0.3) is 0 Å². The third-order valence-electron chi connectivity index (χ3n) is 3.56. The van der Waals surface area contributed by atoms with Gasteiger partial charge < -0.3 is 5.32 Å². The average Bonchev–Trinajstić information content (AvgIpc) is 2.51. The van der Waals surface area contributed by atoms with E-state index < -0.39 is 0 Å². The largest absolute Gasteiger partial charge is 0.309 e. The molecule has 0 aliphatic heterocycles. The number of aromatic nitrogens is 1. The first kappa shape index (κ1) is 16.1. The summed E-state index contributed by atoms with van der Waals surface area (Å²) in [5.41, 5.74) is 1.64. The Morgan fingerprint density at radius 1 is 1.29 bits per heavy atom. The molecule has 0 aliphatic carbocycles. The van der Waals surface area contributed by atoms with Gasteiger partial charge in [-0.2, -0.15) is 0 Å². The monoisotopic (exact) mass is 350 g/mol. The standard InChI is InChI=1S/C17H20BrFN2/c1-3-9-21-17(12(2)16-6-4-5-10-20-16)14-11-13(18)7-8-15(14)19/h4-8,10-12,17,21H,3,9H2,1-2H3. The predicted molar refractivity (Wildman–Crippen MR) is 87.8 cm³/mol. The Kier molecular flexibility index (Phi) is 5.88. The molecule has 0 aliphatic rings. The van der Waals surface area contributed by atoms with Gasteiger partial charge in [0.15, 0.2) is 0 Å². The molecule has 0 spiro atoms. The van der Waals surface area contributed by atoms with E-state index in [-0.39, 0.29) is 17.8 Å². The number of pyridine rings is 1. The highest BCUT2D eigenvalue weighted by atomic mass is 79.9. The van der Waals surface area contributed by atoms with Crippen molar-refractivity contribution >= 4 is 15.9 Å². The summed E-state index contributed by atoms with van der Waals surface area (Å²) >= 11 is 3.43. The number of hydrogen-bond acceptors (Lipinski definition) is 2. The SMILES string of the molecule is CCCNC(c1cc(Br)ccc1F)C(C)c1ccccn1. The van der Waals surface area contributed by atoms with Gasteiger partial charge in [0.2, 0.25) is 0 Å². The molecule has 0 saturated carbocycles. The first-order chi connectivity index (χ1) is 10.1. The molecule has 0 radical (unpaired) electrons. The van der Waals surface area contributed by atoms with Crippen LogP contribution in [0.1, 0.15) is 43.5 Å². The maximum atomic E-state index is 14.2. The van der Waals surface area contributed by atoms with E-state index in [2.05, 4.69) is 40.1 Å². The van der Waals surface area contributed by atoms with E-state index in [1.807, 2.05) is 24.3 Å². The van der Waals surface area contributed by atoms with Gasteiger partial charge in [0.1, 0.15) is 5.82 Å². The number of rotatable bonds is 6. The van der Waals surface area contributed by atoms with E-state index in [1.54, 1.807) is 12.3 Å². The van der Waals surface area contributed by atoms with Crippen molar-refractivity contribution in [3.63, 3.8) is 0 Å². The molecule has 2 atom stereocenters. The van der Waals surface area contributed by atoms with Crippen LogP contribution in [0, 0.1) is 5.82 Å². The van der Waals surface area contributed by atoms with E-state index in [1.165, 1.54) is 6.07 Å². The van der Waals surface area contributed by atoms with Gasteiger partial charge in [-0.1, -0.05) is 35.8 Å². The highest BCUT2D eigenvalue weighted by Gasteiger charge is 2.24. The summed E-state index contributed by atoms with van der Waals surface area (Å²) in [6, 6.07) is 10.8. The van der Waals surface area contributed by atoms with Gasteiger partial charge in [-0.15, -0.1) is 0 Å². The Hall–Kier alpha value is -1.26. The molecule has 2 rings (SSSR count). The molecule has 2 nitrogen and oxygen atoms in total. The molecule has 1 aromatic heterocycles. The Labute approximate surface area is 133 Å². The van der Waals surface area contributed by atoms with E-state index in [0.717, 1.165) is 23.1 Å². The number of hydrogen-bond donors (Lipinski definition) is 1. The van der Waals surface area contributed by atoms with E-state index in [9.17, 15) is 4.39 Å². The van der Waals surface area contributed by atoms with Crippen molar-refractivity contribution in [1.82, 2.24) is 10.3 Å². The zero-order valence-electron chi connectivity index (χ0n) is 12.3. The van der Waals surface area contributed by atoms with Gasteiger partial charge in [-0.05, 0) is 43.3 Å². The third-order valence-corrected chi connectivity index (χ3v) is 4.05. The Bertz CT molecular complexity index is 574. The molecular weight excluding hydrogens is 331 g/mol. The summed E-state index contributed by atoms with van der Waals surface area (Å²) in [6.45, 7) is 5.02. The van der Waals surface area contributed by atoms with Gasteiger partial charge in [-0.3, -0.25) is 4.98 Å². The summed E-state index contributed by atoms with van der Waals surface area (Å²) in [5, 5.41) is 3.45. The molecule has 1 heterocycles. The highest BCUT2D eigenvalue weighted by molar-refractivity contribution is 9.10. The van der Waals surface area contributed by atoms with Crippen molar-refractivity contribution in [2.75, 3.05) is 6.54 Å². The second-order valence-corrected chi connectivity index (χ2v) is 6.06. The fraction of sp³-hybridized carbons (Fsp3) is 0.353. The van der Waals surface area contributed by atoms with Crippen molar-refractivity contribution in [1.29, 1.82) is 0 Å². The number of nitrogens with zero attached hydrogens (tertiary/aromatic N) is 1. The lowest BCUT2D eigenvalue weighted by atomic mass is 9.91. The van der Waals surface area contributed by atoms with Crippen LogP contribution in [0.5, 0.6) is 0 Å². The Morgan fingerprint density at radius 3 is 2.76 bits per heavy atom. The minimum atomic E-state index is -0.186. The van der Waals surface area contributed by atoms with E-state index in [4.69, 9.17) is 0 Å². The lowest BCUT2D eigenvalue weighted by Crippen LogP contribution is -2.28. The van der Waals surface area contributed by atoms with Crippen LogP contribution in [0.25, 0.3) is 0 Å². The zero-order chi connectivity index (χ0) is 15.2. The molecule has 0 fully saturated rings. The third kappa shape index (κ3) is 4.11. The average molecular weight is 351 g/mol. The van der Waals surface area contributed by atoms with Crippen LogP contribution in [0.15, 0.2) is 47.1 Å². The van der Waals surface area contributed by atoms with Crippen molar-refractivity contribution in [2.45, 2.75) is 32.2 Å². The van der Waals surface area contributed by atoms with Gasteiger partial charge in [0, 0.05) is 33.9 Å². The molecule has 1 N–H and O–H groups in total. The van der Waals surface area contributed by atoms with Crippen LogP contribution in [-0.4, -0.2) is 11.5 Å². The molecule has 112 valence electrons. The second kappa shape index (κ2) is 7.66. The number of halogens is 2. The maximum absolute atomic E-state index is 14.2. The minimum Gasteiger partial charge on any atom is -0.309 e. The lowest BCUT2D eigenvalue weighted by molar-refractivity contribution is 0.440. The summed E-state index contributed by atoms with van der Waals surface area (Å²) in [6.07, 6.45) is 2.78. The van der Waals surface area contributed by atoms with Gasteiger partial charge in [0.05, 0.1) is 0 Å². The van der Waals surface area contributed by atoms with Crippen molar-refractivity contribution in [3.05, 3.63) is 64.1 Å². The molecule has 21 heavy (non-hydrogen) atoms. The van der Waals surface area contributed by atoms with Crippen molar-refractivity contribution < 1.29 is 4.39 Å². The van der Waals surface area contributed by atoms with Crippen LogP contribution < -0.4 is 5.32 Å². The molecular formula is C17H20BrFN2. The van der Waals surface area contributed by atoms with E-state index in [0.29, 0.717) is 5.56 Å². The van der Waals surface area contributed by atoms with Crippen molar-refractivity contribution in [3.8, 4) is 0 Å². The fourth-order valence-electron chi connectivity index (χ4n) is 2.42. The number of nitrogens with one attached hydrogen (secondary N) is 1. The molecule has 0 amide bonds. The first-order valence-corrected chi connectivity index (χ1v) is 8.02. The molecule has 4 heteroatoms. The summed E-state index contributed by atoms with van der Waals surface area (Å²) in [7, 11) is 0. The normalized spacial score (nSPS) is 13.9. The quantitative estimate of drug-likeness (QED) is 0.807. The summed E-state index contributed by atoms with van der Waals surface area (Å²) < 4.78 is 15.1. The van der Waals surface area contributed by atoms with Gasteiger partial charge in [-0.25, -0.2) is 4.39 Å². The molecule has 0 bridgehead atoms. The molecule has 2 unspecified atom stereocenters. The highest BCUT2D eigenvalue weighted by Crippen LogP contribution is 2.32. The topological polar surface area (TPSA) is 24.9 Å². The van der Waals surface area contributed by atoms with Crippen LogP contribution in [0.3, 0.4) is 0 Å². The summed E-state index contributed by atoms with van der Waals surface area (Å²) in [5.74, 6) is -0.101. The Balaban J connectivity index is 2.36. The second-order valence-electron chi connectivity index (χ2n) is 5.14. The number of benzene rings is 1. The maximum Gasteiger partial charge on any atom is 0.128 e. The lowest BCUT2D eigenvalue weighted by Gasteiger charge is -2.26. The smallest absolute Gasteiger partial charge is 0.128 e. The zero-order valence-corrected chi connectivity index (χ0v) is 13.9. The van der Waals surface area contributed by atoms with E-state index >= 15 is 0 Å². The predicted octanol–water partition coefficient (Wildman–Crippen LogP) is 4.83. The van der Waals surface area contributed by atoms with Crippen LogP contribution >= 0.6 is 15.9 Å². The Morgan fingerprint density at radius 2 is 2.10 bits per heavy atom. The summed E-state index contributed by atoms with van der Waals surface area (Å²) in [4.78, 5) is 4.41. The molecule has 0 saturated heterocycles. The van der Waals surface area contributed by atoms with Crippen LogP contribution in [0.2, 0.25) is 0 Å². The van der Waals surface area contributed by atoms with Crippen LogP contribution in [-0.2, 0) is 0 Å². The minimum absolute atomic E-state index is 0.0848. The molecule has 1 aromatic carbocycles.